The maximum absolute atomic E-state index is 14.1. The first-order chi connectivity index (χ1) is 39.5. The van der Waals surface area contributed by atoms with E-state index in [4.69, 9.17) is 19.9 Å². The summed E-state index contributed by atoms with van der Waals surface area (Å²) in [7, 11) is 0. The number of urea groups is 1. The van der Waals surface area contributed by atoms with Crippen molar-refractivity contribution in [3.63, 3.8) is 0 Å². The zero-order chi connectivity index (χ0) is 60.4. The lowest BCUT2D eigenvalue weighted by molar-refractivity contribution is -0.158. The number of ether oxygens (including phenoxy) is 3. The SMILES string of the molecule is Cc1ccc(CCCC(=O)NCCCC[C@H](N)C(=O)NC[C@H]2CC[C@H](C(=O)N[C@H](Cc3ccc4ccccc4c3)C(=O)NCCCC[C@@H](NC(=O)N[C@H](CCC(=O)OC(C)(C)C)C(=O)OC(C)(C)C)C(=O)OC3CCCCCC3)CC2)cc1. The van der Waals surface area contributed by atoms with Gasteiger partial charge in [-0.2, -0.15) is 0 Å². The van der Waals surface area contributed by atoms with E-state index in [0.29, 0.717) is 58.0 Å². The van der Waals surface area contributed by atoms with Crippen LogP contribution in [-0.4, -0.2) is 109 Å². The molecule has 6 amide bonds. The van der Waals surface area contributed by atoms with E-state index in [2.05, 4.69) is 63.1 Å². The molecular weight excluding hydrogens is 1050 g/mol. The molecule has 0 radical (unpaired) electrons. The van der Waals surface area contributed by atoms with Crippen molar-refractivity contribution in [3.8, 4) is 0 Å². The van der Waals surface area contributed by atoms with Crippen molar-refractivity contribution in [2.24, 2.45) is 17.6 Å². The van der Waals surface area contributed by atoms with Crippen LogP contribution in [0, 0.1) is 18.8 Å². The van der Waals surface area contributed by atoms with Gasteiger partial charge < -0.3 is 51.8 Å². The standard InChI is InChI=1S/C65H97N7O11/c1-44-27-29-45(30-28-44)19-18-26-56(73)67-39-16-14-24-52(66)59(76)69-43-46-31-35-49(36-32-46)58(75)70-55(42-47-33-34-48-20-12-13-21-50(48)41-47)60(77)68-40-17-15-25-53(61(78)81-51-22-10-8-9-11-23-51)71-63(80)72-54(62(79)83-65(5,6)7)37-38-57(74)82-64(2,3)4/h12-13,20-21,27-30,33-34,41,46,49,51-55H,8-11,14-19,22-26,31-32,35-40,42-43,66H2,1-7H3,(H,67,73)(H,68,77)(H,69,76)(H,70,75)(H2,71,72,80)/t46-,49-,52-,53+,54+,55+/m0/s1. The number of carbonyl (C=O) groups is 8. The first-order valence-corrected chi connectivity index (χ1v) is 30.6. The van der Waals surface area contributed by atoms with E-state index >= 15 is 0 Å². The molecule has 4 atom stereocenters. The maximum atomic E-state index is 14.1. The first-order valence-electron chi connectivity index (χ1n) is 30.6. The number of rotatable bonds is 30. The minimum absolute atomic E-state index is 0.0279. The zero-order valence-corrected chi connectivity index (χ0v) is 50.6. The Balaban J connectivity index is 1.10. The number of amides is 6. The fourth-order valence-electron chi connectivity index (χ4n) is 10.5. The molecule has 0 aliphatic heterocycles. The van der Waals surface area contributed by atoms with E-state index in [1.807, 2.05) is 42.5 Å². The molecule has 2 saturated carbocycles. The monoisotopic (exact) mass is 1150 g/mol. The van der Waals surface area contributed by atoms with E-state index in [-0.39, 0.29) is 73.8 Å². The fourth-order valence-corrected chi connectivity index (χ4v) is 10.5. The molecule has 8 N–H and O–H groups in total. The highest BCUT2D eigenvalue weighted by Gasteiger charge is 2.33. The highest BCUT2D eigenvalue weighted by atomic mass is 16.6. The predicted octanol–water partition coefficient (Wildman–Crippen LogP) is 8.79. The second-order valence-electron chi connectivity index (χ2n) is 24.9. The predicted molar refractivity (Wildman–Crippen MR) is 322 cm³/mol. The smallest absolute Gasteiger partial charge is 0.329 e. The van der Waals surface area contributed by atoms with Crippen LogP contribution in [0.5, 0.6) is 0 Å². The summed E-state index contributed by atoms with van der Waals surface area (Å²) in [6, 6.07) is 17.6. The minimum atomic E-state index is -1.22. The molecule has 0 spiro atoms. The molecule has 18 nitrogen and oxygen atoms in total. The Bertz CT molecular complexity index is 2560. The Hall–Kier alpha value is -6.56. The maximum Gasteiger partial charge on any atom is 0.329 e. The summed E-state index contributed by atoms with van der Waals surface area (Å²) in [6.07, 6.45) is 12.8. The summed E-state index contributed by atoms with van der Waals surface area (Å²) >= 11 is 0. The molecule has 0 aromatic heterocycles. The second kappa shape index (κ2) is 34.3. The highest BCUT2D eigenvalue weighted by Crippen LogP contribution is 2.29. The molecule has 3 aromatic rings. The van der Waals surface area contributed by atoms with Crippen molar-refractivity contribution in [2.75, 3.05) is 19.6 Å². The van der Waals surface area contributed by atoms with Gasteiger partial charge in [-0.25, -0.2) is 14.4 Å². The van der Waals surface area contributed by atoms with Gasteiger partial charge in [0, 0.05) is 44.8 Å². The largest absolute Gasteiger partial charge is 0.461 e. The van der Waals surface area contributed by atoms with Crippen LogP contribution < -0.4 is 37.6 Å². The lowest BCUT2D eigenvalue weighted by Crippen LogP contribution is -2.52. The van der Waals surface area contributed by atoms with Crippen LogP contribution >= 0.6 is 0 Å². The topological polar surface area (TPSA) is 262 Å². The Morgan fingerprint density at radius 2 is 1.19 bits per heavy atom. The van der Waals surface area contributed by atoms with Crippen molar-refractivity contribution in [1.82, 2.24) is 31.9 Å². The van der Waals surface area contributed by atoms with Gasteiger partial charge in [-0.15, -0.1) is 0 Å². The minimum Gasteiger partial charge on any atom is -0.461 e. The van der Waals surface area contributed by atoms with Crippen molar-refractivity contribution < 1.29 is 52.6 Å². The van der Waals surface area contributed by atoms with Gasteiger partial charge in [0.2, 0.25) is 23.6 Å². The van der Waals surface area contributed by atoms with Crippen molar-refractivity contribution in [1.29, 1.82) is 0 Å². The van der Waals surface area contributed by atoms with E-state index < -0.39 is 59.3 Å². The number of fused-ring (bicyclic) bond motifs is 1. The van der Waals surface area contributed by atoms with E-state index in [1.54, 1.807) is 41.5 Å². The Morgan fingerprint density at radius 3 is 1.86 bits per heavy atom. The number of hydrogen-bond acceptors (Lipinski definition) is 12. The van der Waals surface area contributed by atoms with Crippen LogP contribution in [0.4, 0.5) is 4.79 Å². The summed E-state index contributed by atoms with van der Waals surface area (Å²) in [4.78, 5) is 107. The Morgan fingerprint density at radius 1 is 0.578 bits per heavy atom. The van der Waals surface area contributed by atoms with Gasteiger partial charge in [0.05, 0.1) is 6.04 Å². The van der Waals surface area contributed by atoms with Crippen LogP contribution in [0.15, 0.2) is 66.7 Å². The third kappa shape index (κ3) is 26.3. The van der Waals surface area contributed by atoms with E-state index in [1.165, 1.54) is 11.1 Å². The van der Waals surface area contributed by atoms with Gasteiger partial charge in [0.1, 0.15) is 35.4 Å². The highest BCUT2D eigenvalue weighted by molar-refractivity contribution is 5.90. The van der Waals surface area contributed by atoms with E-state index in [0.717, 1.165) is 87.0 Å². The van der Waals surface area contributed by atoms with Crippen LogP contribution in [0.1, 0.15) is 187 Å². The summed E-state index contributed by atoms with van der Waals surface area (Å²) < 4.78 is 17.0. The third-order valence-corrected chi connectivity index (χ3v) is 15.2. The van der Waals surface area contributed by atoms with E-state index in [9.17, 15) is 38.4 Å². The number of hydrogen-bond donors (Lipinski definition) is 7. The van der Waals surface area contributed by atoms with Gasteiger partial charge in [0.15, 0.2) is 0 Å². The van der Waals surface area contributed by atoms with Gasteiger partial charge in [-0.3, -0.25) is 24.0 Å². The number of nitrogens with one attached hydrogen (secondary N) is 6. The number of aryl methyl sites for hydroxylation is 2. The van der Waals surface area contributed by atoms with Crippen molar-refractivity contribution >= 4 is 58.3 Å². The molecular formula is C65H97N7O11. The summed E-state index contributed by atoms with van der Waals surface area (Å²) in [6.45, 7) is 13.6. The van der Waals surface area contributed by atoms with Crippen LogP contribution in [0.25, 0.3) is 10.8 Å². The van der Waals surface area contributed by atoms with Crippen molar-refractivity contribution in [3.05, 3.63) is 83.4 Å². The number of unbranched alkanes of at least 4 members (excludes halogenated alkanes) is 2. The first kappa shape index (κ1) is 67.2. The van der Waals surface area contributed by atoms with Gasteiger partial charge >= 0.3 is 23.9 Å². The Labute approximate surface area is 492 Å². The van der Waals surface area contributed by atoms with Crippen molar-refractivity contribution in [2.45, 2.75) is 231 Å². The molecule has 0 saturated heterocycles. The third-order valence-electron chi connectivity index (χ3n) is 15.2. The van der Waals surface area contributed by atoms with Crippen LogP contribution in [0.3, 0.4) is 0 Å². The normalized spacial score (nSPS) is 17.3. The lowest BCUT2D eigenvalue weighted by Gasteiger charge is -2.29. The fraction of sp³-hybridized carbons (Fsp3) is 0.631. The molecule has 2 aliphatic carbocycles. The average Bonchev–Trinajstić information content (AvgIpc) is 3.73. The molecule has 5 rings (SSSR count). The number of carbonyl (C=O) groups excluding carboxylic acids is 8. The summed E-state index contributed by atoms with van der Waals surface area (Å²) in [5.41, 5.74) is 7.95. The second-order valence-corrected chi connectivity index (χ2v) is 24.9. The molecule has 3 aromatic carbocycles. The number of benzene rings is 3. The number of nitrogens with two attached hydrogens (primary N) is 1. The molecule has 0 heterocycles. The molecule has 83 heavy (non-hydrogen) atoms. The average molecular weight is 1150 g/mol. The molecule has 0 bridgehead atoms. The molecule has 18 heteroatoms. The lowest BCUT2D eigenvalue weighted by atomic mass is 9.81. The zero-order valence-electron chi connectivity index (χ0n) is 50.6. The van der Waals surface area contributed by atoms with Gasteiger partial charge in [-0.05, 0) is 185 Å². The van der Waals surface area contributed by atoms with Gasteiger partial charge in [-0.1, -0.05) is 85.1 Å². The molecule has 458 valence electrons. The van der Waals surface area contributed by atoms with Crippen LogP contribution in [0.2, 0.25) is 0 Å². The van der Waals surface area contributed by atoms with Crippen LogP contribution in [-0.2, 0) is 60.6 Å². The Kier molecular flexibility index (Phi) is 27.8. The summed E-state index contributed by atoms with van der Waals surface area (Å²) in [5.74, 6) is -2.75. The summed E-state index contributed by atoms with van der Waals surface area (Å²) in [5, 5.41) is 19.5. The molecule has 2 fully saturated rings. The molecule has 2 aliphatic rings. The molecule has 0 unspecified atom stereocenters. The van der Waals surface area contributed by atoms with Gasteiger partial charge in [0.25, 0.3) is 0 Å². The number of esters is 3. The quantitative estimate of drug-likeness (QED) is 0.0143.